The summed E-state index contributed by atoms with van der Waals surface area (Å²) in [6.07, 6.45) is 5.70. The van der Waals surface area contributed by atoms with Crippen molar-refractivity contribution < 1.29 is 8.78 Å². The Labute approximate surface area is 158 Å². The Morgan fingerprint density at radius 3 is 2.86 bits per heavy atom. The highest BCUT2D eigenvalue weighted by Crippen LogP contribution is 2.30. The van der Waals surface area contributed by atoms with Crippen LogP contribution in [0.2, 0.25) is 0 Å². The van der Waals surface area contributed by atoms with Gasteiger partial charge >= 0.3 is 0 Å². The van der Waals surface area contributed by atoms with Gasteiger partial charge in [0.1, 0.15) is 11.3 Å². The Hall–Kier alpha value is -3.30. The Balaban J connectivity index is 1.57. The molecule has 5 rings (SSSR count). The van der Waals surface area contributed by atoms with E-state index in [1.165, 1.54) is 10.6 Å². The Bertz CT molecular complexity index is 1200. The van der Waals surface area contributed by atoms with Crippen molar-refractivity contribution in [2.24, 2.45) is 7.05 Å². The van der Waals surface area contributed by atoms with Gasteiger partial charge in [-0.3, -0.25) is 4.68 Å². The van der Waals surface area contributed by atoms with E-state index in [0.717, 1.165) is 37.7 Å². The highest BCUT2D eigenvalue weighted by molar-refractivity contribution is 5.92. The van der Waals surface area contributed by atoms with Crippen molar-refractivity contribution in [3.8, 4) is 0 Å². The Kier molecular flexibility index (Phi) is 3.68. The van der Waals surface area contributed by atoms with Gasteiger partial charge in [0.05, 0.1) is 17.3 Å². The monoisotopic (exact) mass is 384 g/mol. The fraction of sp³-hybridized carbons (Fsp3) is 0.333. The zero-order chi connectivity index (χ0) is 19.4. The topological polar surface area (TPSA) is 90.2 Å². The molecule has 1 atom stereocenters. The molecule has 0 bridgehead atoms. The Morgan fingerprint density at radius 2 is 2.07 bits per heavy atom. The van der Waals surface area contributed by atoms with Crippen LogP contribution < -0.4 is 10.6 Å². The summed E-state index contributed by atoms with van der Waals surface area (Å²) in [5, 5.41) is 8.99. The van der Waals surface area contributed by atoms with E-state index in [2.05, 4.69) is 25.1 Å². The Morgan fingerprint density at radius 1 is 1.21 bits per heavy atom. The summed E-state index contributed by atoms with van der Waals surface area (Å²) in [4.78, 5) is 10.9. The molecule has 10 heteroatoms. The van der Waals surface area contributed by atoms with Crippen molar-refractivity contribution in [1.29, 1.82) is 0 Å². The molecule has 8 nitrogen and oxygen atoms in total. The third-order valence-electron chi connectivity index (χ3n) is 5.18. The largest absolute Gasteiger partial charge is 0.368 e. The SMILES string of the molecule is Cn1cc(N2CCCC(c3nc4c5cc(F)cc(F)c5nc(N)n4n3)C2)cn1. The number of rotatable bonds is 2. The molecule has 0 spiro atoms. The van der Waals surface area contributed by atoms with Crippen LogP contribution in [-0.2, 0) is 7.05 Å². The summed E-state index contributed by atoms with van der Waals surface area (Å²) >= 11 is 0. The van der Waals surface area contributed by atoms with Crippen LogP contribution in [0.3, 0.4) is 0 Å². The first-order valence-electron chi connectivity index (χ1n) is 9.04. The lowest BCUT2D eigenvalue weighted by Gasteiger charge is -2.32. The summed E-state index contributed by atoms with van der Waals surface area (Å²) in [7, 11) is 1.88. The number of anilines is 2. The van der Waals surface area contributed by atoms with Gasteiger partial charge in [0.2, 0.25) is 5.95 Å². The predicted molar refractivity (Wildman–Crippen MR) is 100 cm³/mol. The minimum atomic E-state index is -0.769. The van der Waals surface area contributed by atoms with E-state index in [1.807, 2.05) is 19.4 Å². The van der Waals surface area contributed by atoms with Gasteiger partial charge in [0, 0.05) is 38.3 Å². The summed E-state index contributed by atoms with van der Waals surface area (Å²) < 4.78 is 31.0. The van der Waals surface area contributed by atoms with Crippen LogP contribution in [-0.4, -0.2) is 42.5 Å². The summed E-state index contributed by atoms with van der Waals surface area (Å²) in [5.41, 5.74) is 7.31. The number of nitrogens with zero attached hydrogens (tertiary/aromatic N) is 7. The fourth-order valence-electron chi connectivity index (χ4n) is 3.84. The molecule has 28 heavy (non-hydrogen) atoms. The summed E-state index contributed by atoms with van der Waals surface area (Å²) in [5.74, 6) is -0.773. The second-order valence-electron chi connectivity index (χ2n) is 7.12. The molecule has 3 aromatic heterocycles. The van der Waals surface area contributed by atoms with Crippen LogP contribution in [0.1, 0.15) is 24.6 Å². The number of aryl methyl sites for hydroxylation is 1. The molecule has 4 aromatic rings. The number of hydrogen-bond donors (Lipinski definition) is 1. The molecule has 4 heterocycles. The van der Waals surface area contributed by atoms with E-state index in [1.54, 1.807) is 4.68 Å². The lowest BCUT2D eigenvalue weighted by molar-refractivity contribution is 0.491. The third-order valence-corrected chi connectivity index (χ3v) is 5.18. The van der Waals surface area contributed by atoms with Crippen molar-refractivity contribution in [1.82, 2.24) is 29.4 Å². The molecule has 1 saturated heterocycles. The molecule has 0 saturated carbocycles. The maximum atomic E-state index is 14.1. The van der Waals surface area contributed by atoms with Crippen LogP contribution >= 0.6 is 0 Å². The van der Waals surface area contributed by atoms with E-state index in [9.17, 15) is 8.78 Å². The molecule has 1 aliphatic heterocycles. The number of benzene rings is 1. The van der Waals surface area contributed by atoms with E-state index in [-0.39, 0.29) is 22.8 Å². The third kappa shape index (κ3) is 2.63. The van der Waals surface area contributed by atoms with E-state index in [4.69, 9.17) is 5.73 Å². The fourth-order valence-corrected chi connectivity index (χ4v) is 3.84. The average molecular weight is 384 g/mol. The van der Waals surface area contributed by atoms with Gasteiger partial charge in [-0.1, -0.05) is 0 Å². The number of fused-ring (bicyclic) bond motifs is 3. The maximum Gasteiger partial charge on any atom is 0.223 e. The van der Waals surface area contributed by atoms with Gasteiger partial charge in [0.25, 0.3) is 0 Å². The zero-order valence-corrected chi connectivity index (χ0v) is 15.2. The molecule has 1 aromatic carbocycles. The molecular formula is C18H18F2N8. The van der Waals surface area contributed by atoms with E-state index < -0.39 is 11.6 Å². The minimum absolute atomic E-state index is 0.00835. The molecule has 1 fully saturated rings. The normalized spacial score (nSPS) is 17.7. The average Bonchev–Trinajstić information content (AvgIpc) is 3.30. The molecule has 0 aliphatic carbocycles. The van der Waals surface area contributed by atoms with Crippen LogP contribution in [0.25, 0.3) is 16.6 Å². The number of nitrogen functional groups attached to an aromatic ring is 1. The molecule has 1 aliphatic rings. The maximum absolute atomic E-state index is 14.1. The highest BCUT2D eigenvalue weighted by Gasteiger charge is 2.27. The van der Waals surface area contributed by atoms with Gasteiger partial charge in [-0.05, 0) is 18.9 Å². The standard InChI is InChI=1S/C18H18F2N8/c1-26-9-12(7-22-26)27-4-2-3-10(8-27)16-24-17-13-5-11(19)6-14(20)15(13)23-18(21)28(17)25-16/h5-7,9-10H,2-4,8H2,1H3,(H2,21,23). The lowest BCUT2D eigenvalue weighted by Crippen LogP contribution is -2.34. The predicted octanol–water partition coefficient (Wildman–Crippen LogP) is 2.26. The van der Waals surface area contributed by atoms with E-state index in [0.29, 0.717) is 11.5 Å². The molecule has 0 amide bonds. The van der Waals surface area contributed by atoms with Crippen LogP contribution in [0.15, 0.2) is 24.5 Å². The van der Waals surface area contributed by atoms with Gasteiger partial charge < -0.3 is 10.6 Å². The zero-order valence-electron chi connectivity index (χ0n) is 15.2. The van der Waals surface area contributed by atoms with Gasteiger partial charge in [-0.25, -0.2) is 18.7 Å². The van der Waals surface area contributed by atoms with Crippen molar-refractivity contribution in [2.75, 3.05) is 23.7 Å². The molecule has 144 valence electrons. The van der Waals surface area contributed by atoms with Gasteiger partial charge in [-0.15, -0.1) is 5.10 Å². The second kappa shape index (κ2) is 6.11. The number of nitrogens with two attached hydrogens (primary N) is 1. The highest BCUT2D eigenvalue weighted by atomic mass is 19.1. The number of piperidine rings is 1. The minimum Gasteiger partial charge on any atom is -0.368 e. The van der Waals surface area contributed by atoms with Gasteiger partial charge in [0.15, 0.2) is 17.3 Å². The molecule has 2 N–H and O–H groups in total. The summed E-state index contributed by atoms with van der Waals surface area (Å²) in [6.45, 7) is 1.66. The second-order valence-corrected chi connectivity index (χ2v) is 7.12. The van der Waals surface area contributed by atoms with Crippen molar-refractivity contribution >= 4 is 28.2 Å². The van der Waals surface area contributed by atoms with Crippen LogP contribution in [0, 0.1) is 11.6 Å². The quantitative estimate of drug-likeness (QED) is 0.570. The summed E-state index contributed by atoms with van der Waals surface area (Å²) in [6, 6.07) is 2.00. The lowest BCUT2D eigenvalue weighted by atomic mass is 9.97. The number of hydrogen-bond acceptors (Lipinski definition) is 6. The van der Waals surface area contributed by atoms with Gasteiger partial charge in [-0.2, -0.15) is 9.61 Å². The molecular weight excluding hydrogens is 366 g/mol. The molecule has 1 unspecified atom stereocenters. The van der Waals surface area contributed by atoms with Crippen molar-refractivity contribution in [3.05, 3.63) is 42.0 Å². The van der Waals surface area contributed by atoms with E-state index >= 15 is 0 Å². The van der Waals surface area contributed by atoms with Crippen LogP contribution in [0.5, 0.6) is 0 Å². The van der Waals surface area contributed by atoms with Crippen LogP contribution in [0.4, 0.5) is 20.4 Å². The number of halogens is 2. The number of aromatic nitrogens is 6. The first-order valence-corrected chi connectivity index (χ1v) is 9.04. The first kappa shape index (κ1) is 16.8. The smallest absolute Gasteiger partial charge is 0.223 e. The first-order chi connectivity index (χ1) is 13.5. The molecule has 0 radical (unpaired) electrons. The van der Waals surface area contributed by atoms with Crippen molar-refractivity contribution in [3.63, 3.8) is 0 Å². The van der Waals surface area contributed by atoms with Crippen molar-refractivity contribution in [2.45, 2.75) is 18.8 Å².